The van der Waals surface area contributed by atoms with Crippen molar-refractivity contribution in [3.63, 3.8) is 0 Å². The summed E-state index contributed by atoms with van der Waals surface area (Å²) in [5, 5.41) is 6.96. The lowest BCUT2D eigenvalue weighted by atomic mass is 10.1. The first-order chi connectivity index (χ1) is 10.8. The molecule has 1 aliphatic heterocycles. The van der Waals surface area contributed by atoms with Crippen molar-refractivity contribution in [2.75, 3.05) is 39.4 Å². The minimum absolute atomic E-state index is 0. The predicted octanol–water partition coefficient (Wildman–Crippen LogP) is 2.21. The molecule has 0 aromatic rings. The quantitative estimate of drug-likeness (QED) is 0.265. The third-order valence-electron chi connectivity index (χ3n) is 4.83. The lowest BCUT2D eigenvalue weighted by Crippen LogP contribution is -2.49. The van der Waals surface area contributed by atoms with Gasteiger partial charge < -0.3 is 20.3 Å². The standard InChI is InChI=1S/C17H32N4O.HI/c1-2-18-17(19-9-12-22-13-14-3-4-14)20-15-7-10-21(11-8-15)16-5-6-16;/h14-16H,2-13H2,1H3,(H2,18,19,20);1H. The van der Waals surface area contributed by atoms with E-state index in [-0.39, 0.29) is 24.0 Å². The second-order valence-corrected chi connectivity index (χ2v) is 6.96. The summed E-state index contributed by atoms with van der Waals surface area (Å²) in [6.07, 6.45) is 8.02. The Labute approximate surface area is 158 Å². The van der Waals surface area contributed by atoms with Crippen LogP contribution in [-0.2, 0) is 4.74 Å². The van der Waals surface area contributed by atoms with Crippen LogP contribution in [0.5, 0.6) is 0 Å². The zero-order valence-electron chi connectivity index (χ0n) is 14.4. The Hall–Kier alpha value is -0.0800. The minimum atomic E-state index is 0. The third kappa shape index (κ3) is 7.13. The van der Waals surface area contributed by atoms with Gasteiger partial charge in [-0.05, 0) is 51.4 Å². The smallest absolute Gasteiger partial charge is 0.191 e. The fraction of sp³-hybridized carbons (Fsp3) is 0.941. The highest BCUT2D eigenvalue weighted by molar-refractivity contribution is 14.0. The first kappa shape index (κ1) is 19.2. The van der Waals surface area contributed by atoms with E-state index in [0.717, 1.165) is 44.2 Å². The summed E-state index contributed by atoms with van der Waals surface area (Å²) in [4.78, 5) is 7.31. The van der Waals surface area contributed by atoms with Gasteiger partial charge in [0, 0.05) is 38.3 Å². The molecule has 2 N–H and O–H groups in total. The molecule has 6 heteroatoms. The van der Waals surface area contributed by atoms with Crippen LogP contribution in [-0.4, -0.2) is 62.3 Å². The van der Waals surface area contributed by atoms with Gasteiger partial charge in [0.15, 0.2) is 5.96 Å². The Balaban J connectivity index is 0.00000192. The molecule has 3 rings (SSSR count). The molecule has 0 bridgehead atoms. The Morgan fingerprint density at radius 1 is 1.13 bits per heavy atom. The van der Waals surface area contributed by atoms with Gasteiger partial charge in [0.25, 0.3) is 0 Å². The number of aliphatic imine (C=N–C) groups is 1. The van der Waals surface area contributed by atoms with Gasteiger partial charge in [-0.1, -0.05) is 0 Å². The number of hydrogen-bond donors (Lipinski definition) is 2. The van der Waals surface area contributed by atoms with Crippen molar-refractivity contribution < 1.29 is 4.74 Å². The lowest BCUT2D eigenvalue weighted by molar-refractivity contribution is 0.131. The lowest BCUT2D eigenvalue weighted by Gasteiger charge is -2.33. The van der Waals surface area contributed by atoms with Gasteiger partial charge in [-0.2, -0.15) is 0 Å². The molecule has 0 unspecified atom stereocenters. The van der Waals surface area contributed by atoms with Crippen molar-refractivity contribution in [2.24, 2.45) is 10.9 Å². The molecule has 2 saturated carbocycles. The van der Waals surface area contributed by atoms with E-state index < -0.39 is 0 Å². The first-order valence-electron chi connectivity index (χ1n) is 9.21. The van der Waals surface area contributed by atoms with Gasteiger partial charge in [-0.3, -0.25) is 4.99 Å². The Morgan fingerprint density at radius 2 is 1.87 bits per heavy atom. The van der Waals surface area contributed by atoms with Gasteiger partial charge in [0.1, 0.15) is 0 Å². The predicted molar refractivity (Wildman–Crippen MR) is 106 cm³/mol. The van der Waals surface area contributed by atoms with E-state index in [1.165, 1.54) is 51.6 Å². The summed E-state index contributed by atoms with van der Waals surface area (Å²) in [5.74, 6) is 1.80. The van der Waals surface area contributed by atoms with Gasteiger partial charge in [0.2, 0.25) is 0 Å². The van der Waals surface area contributed by atoms with Crippen LogP contribution in [0.3, 0.4) is 0 Å². The molecule has 23 heavy (non-hydrogen) atoms. The fourth-order valence-electron chi connectivity index (χ4n) is 3.12. The van der Waals surface area contributed by atoms with E-state index >= 15 is 0 Å². The molecule has 5 nitrogen and oxygen atoms in total. The van der Waals surface area contributed by atoms with E-state index in [9.17, 15) is 0 Å². The fourth-order valence-corrected chi connectivity index (χ4v) is 3.12. The molecule has 0 aromatic heterocycles. The van der Waals surface area contributed by atoms with E-state index in [4.69, 9.17) is 4.74 Å². The molecule has 3 fully saturated rings. The molecule has 0 radical (unpaired) electrons. The van der Waals surface area contributed by atoms with Crippen LogP contribution in [0.25, 0.3) is 0 Å². The van der Waals surface area contributed by atoms with E-state index in [1.54, 1.807) is 0 Å². The second kappa shape index (κ2) is 10.0. The number of nitrogens with zero attached hydrogens (tertiary/aromatic N) is 2. The zero-order valence-corrected chi connectivity index (χ0v) is 16.8. The van der Waals surface area contributed by atoms with Crippen molar-refractivity contribution in [1.82, 2.24) is 15.5 Å². The number of hydrogen-bond acceptors (Lipinski definition) is 3. The van der Waals surface area contributed by atoms with Crippen LogP contribution in [0.2, 0.25) is 0 Å². The highest BCUT2D eigenvalue weighted by Crippen LogP contribution is 2.29. The molecule has 0 amide bonds. The van der Waals surface area contributed by atoms with Crippen LogP contribution >= 0.6 is 24.0 Å². The molecule has 3 aliphatic rings. The number of likely N-dealkylation sites (tertiary alicyclic amines) is 1. The molecular weight excluding hydrogens is 403 g/mol. The van der Waals surface area contributed by atoms with Crippen LogP contribution in [0.4, 0.5) is 0 Å². The minimum Gasteiger partial charge on any atom is -0.379 e. The molecule has 1 heterocycles. The van der Waals surface area contributed by atoms with E-state index in [1.807, 2.05) is 0 Å². The number of piperidine rings is 1. The summed E-state index contributed by atoms with van der Waals surface area (Å²) >= 11 is 0. The average molecular weight is 436 g/mol. The topological polar surface area (TPSA) is 48.9 Å². The molecule has 0 spiro atoms. The maximum Gasteiger partial charge on any atom is 0.191 e. The van der Waals surface area contributed by atoms with E-state index in [0.29, 0.717) is 6.04 Å². The SMILES string of the molecule is CCNC(=NCCOCC1CC1)NC1CCN(C2CC2)CC1.I. The van der Waals surface area contributed by atoms with Crippen molar-refractivity contribution >= 4 is 29.9 Å². The summed E-state index contributed by atoms with van der Waals surface area (Å²) < 4.78 is 5.65. The Bertz CT molecular complexity index is 364. The monoisotopic (exact) mass is 436 g/mol. The van der Waals surface area contributed by atoms with Gasteiger partial charge in [0.05, 0.1) is 13.2 Å². The molecule has 0 atom stereocenters. The summed E-state index contributed by atoms with van der Waals surface area (Å²) in [7, 11) is 0. The van der Waals surface area contributed by atoms with Gasteiger partial charge >= 0.3 is 0 Å². The number of ether oxygens (including phenoxy) is 1. The second-order valence-electron chi connectivity index (χ2n) is 6.96. The highest BCUT2D eigenvalue weighted by atomic mass is 127. The molecule has 2 aliphatic carbocycles. The Morgan fingerprint density at radius 3 is 2.48 bits per heavy atom. The highest BCUT2D eigenvalue weighted by Gasteiger charge is 2.31. The number of guanidine groups is 1. The number of rotatable bonds is 8. The third-order valence-corrected chi connectivity index (χ3v) is 4.83. The van der Waals surface area contributed by atoms with Crippen molar-refractivity contribution in [2.45, 2.75) is 57.5 Å². The van der Waals surface area contributed by atoms with Gasteiger partial charge in [-0.25, -0.2) is 0 Å². The van der Waals surface area contributed by atoms with Gasteiger partial charge in [-0.15, -0.1) is 24.0 Å². The molecular formula is C17H33IN4O. The van der Waals surface area contributed by atoms with Crippen LogP contribution in [0.1, 0.15) is 45.4 Å². The summed E-state index contributed by atoms with van der Waals surface area (Å²) in [6.45, 7) is 7.94. The largest absolute Gasteiger partial charge is 0.379 e. The van der Waals surface area contributed by atoms with Crippen LogP contribution < -0.4 is 10.6 Å². The first-order valence-corrected chi connectivity index (χ1v) is 9.21. The number of nitrogens with one attached hydrogen (secondary N) is 2. The zero-order chi connectivity index (χ0) is 15.2. The maximum absolute atomic E-state index is 5.65. The maximum atomic E-state index is 5.65. The number of halogens is 1. The molecule has 134 valence electrons. The van der Waals surface area contributed by atoms with Crippen molar-refractivity contribution in [3.8, 4) is 0 Å². The summed E-state index contributed by atoms with van der Waals surface area (Å²) in [6, 6.07) is 1.48. The molecule has 1 saturated heterocycles. The average Bonchev–Trinajstić information content (AvgIpc) is 3.40. The summed E-state index contributed by atoms with van der Waals surface area (Å²) in [5.41, 5.74) is 0. The van der Waals surface area contributed by atoms with E-state index in [2.05, 4.69) is 27.4 Å². The van der Waals surface area contributed by atoms with Crippen LogP contribution in [0.15, 0.2) is 4.99 Å². The van der Waals surface area contributed by atoms with Crippen molar-refractivity contribution in [1.29, 1.82) is 0 Å². The molecule has 0 aromatic carbocycles. The normalized spacial score (nSPS) is 23.4. The Kier molecular flexibility index (Phi) is 8.40. The van der Waals surface area contributed by atoms with Crippen molar-refractivity contribution in [3.05, 3.63) is 0 Å². The van der Waals surface area contributed by atoms with Crippen LogP contribution in [0, 0.1) is 5.92 Å².